The molecule has 0 heterocycles. The van der Waals surface area contributed by atoms with E-state index in [1.54, 1.807) is 0 Å². The van der Waals surface area contributed by atoms with Gasteiger partial charge in [-0.15, -0.1) is 6.58 Å². The average molecular weight is 556 g/mol. The van der Waals surface area contributed by atoms with Crippen LogP contribution in [-0.2, 0) is 6.16 Å². The van der Waals surface area contributed by atoms with Gasteiger partial charge in [-0.25, -0.2) is 0 Å². The number of rotatable bonds is 8. The summed E-state index contributed by atoms with van der Waals surface area (Å²) in [6.45, 7) is 3.94. The highest BCUT2D eigenvalue weighted by molar-refractivity contribution is 7.95. The molecule has 1 saturated carbocycles. The van der Waals surface area contributed by atoms with Crippen LogP contribution in [0, 0.1) is 5.92 Å². The SMILES string of the molecule is C=CC[C@H]1CC[C@H](c2ccc(C[P+](c3ccccc3)(c3ccccc3)c3ccccc3)cc2)CC1.[Br-]. The molecule has 0 amide bonds. The molecule has 1 fully saturated rings. The lowest BCUT2D eigenvalue weighted by molar-refractivity contribution is -0.00000692. The third kappa shape index (κ3) is 5.74. The largest absolute Gasteiger partial charge is 1.00 e. The fourth-order valence-electron chi connectivity index (χ4n) is 5.90. The Bertz CT molecular complexity index is 1100. The molecule has 0 nitrogen and oxygen atoms in total. The van der Waals surface area contributed by atoms with Gasteiger partial charge in [0.05, 0.1) is 6.16 Å². The van der Waals surface area contributed by atoms with E-state index in [0.717, 1.165) is 12.1 Å². The van der Waals surface area contributed by atoms with E-state index in [-0.39, 0.29) is 17.0 Å². The summed E-state index contributed by atoms with van der Waals surface area (Å²) in [5.74, 6) is 1.55. The van der Waals surface area contributed by atoms with Crippen LogP contribution in [0.5, 0.6) is 0 Å². The molecule has 1 aliphatic rings. The minimum atomic E-state index is -1.85. The van der Waals surface area contributed by atoms with Gasteiger partial charge in [-0.2, -0.15) is 0 Å². The first-order valence-corrected chi connectivity index (χ1v) is 15.0. The smallest absolute Gasteiger partial charge is 0.116 e. The Balaban J connectivity index is 0.00000304. The van der Waals surface area contributed by atoms with E-state index >= 15 is 0 Å². The van der Waals surface area contributed by atoms with Crippen molar-refractivity contribution in [1.29, 1.82) is 0 Å². The van der Waals surface area contributed by atoms with Crippen molar-refractivity contribution in [2.24, 2.45) is 5.92 Å². The van der Waals surface area contributed by atoms with E-state index in [1.807, 2.05) is 0 Å². The van der Waals surface area contributed by atoms with E-state index in [4.69, 9.17) is 0 Å². The number of halogens is 1. The first kappa shape index (κ1) is 26.6. The Morgan fingerprint density at radius 1 is 0.611 bits per heavy atom. The second kappa shape index (κ2) is 12.7. The quantitative estimate of drug-likeness (QED) is 0.211. The maximum Gasteiger partial charge on any atom is 0.116 e. The van der Waals surface area contributed by atoms with E-state index in [2.05, 4.69) is 128 Å². The Morgan fingerprint density at radius 2 is 1.06 bits per heavy atom. The summed E-state index contributed by atoms with van der Waals surface area (Å²) >= 11 is 0. The van der Waals surface area contributed by atoms with Crippen LogP contribution in [0.2, 0.25) is 0 Å². The Hall–Kier alpha value is -2.47. The molecule has 0 N–H and O–H groups in total. The maximum atomic E-state index is 3.94. The van der Waals surface area contributed by atoms with Gasteiger partial charge in [0.1, 0.15) is 23.2 Å². The van der Waals surface area contributed by atoms with Crippen molar-refractivity contribution < 1.29 is 17.0 Å². The molecule has 5 rings (SSSR count). The van der Waals surface area contributed by atoms with Crippen molar-refractivity contribution in [3.05, 3.63) is 139 Å². The zero-order valence-corrected chi connectivity index (χ0v) is 23.5. The van der Waals surface area contributed by atoms with Crippen molar-refractivity contribution in [3.8, 4) is 0 Å². The monoisotopic (exact) mass is 554 g/mol. The molecule has 0 atom stereocenters. The summed E-state index contributed by atoms with van der Waals surface area (Å²) in [4.78, 5) is 0. The zero-order valence-electron chi connectivity index (χ0n) is 21.0. The minimum absolute atomic E-state index is 0. The van der Waals surface area contributed by atoms with Gasteiger partial charge in [0.15, 0.2) is 0 Å². The molecule has 4 aromatic rings. The van der Waals surface area contributed by atoms with Crippen LogP contribution in [-0.4, -0.2) is 0 Å². The summed E-state index contributed by atoms with van der Waals surface area (Å²) in [5.41, 5.74) is 2.95. The van der Waals surface area contributed by atoms with E-state index < -0.39 is 7.26 Å². The van der Waals surface area contributed by atoms with Gasteiger partial charge in [0, 0.05) is 0 Å². The van der Waals surface area contributed by atoms with Crippen molar-refractivity contribution >= 4 is 23.2 Å². The summed E-state index contributed by atoms with van der Waals surface area (Å²) in [6.07, 6.45) is 9.61. The summed E-state index contributed by atoms with van der Waals surface area (Å²) < 4.78 is 0. The van der Waals surface area contributed by atoms with Crippen LogP contribution < -0.4 is 32.9 Å². The number of allylic oxidation sites excluding steroid dienone is 1. The van der Waals surface area contributed by atoms with Crippen molar-refractivity contribution in [2.45, 2.75) is 44.2 Å². The minimum Gasteiger partial charge on any atom is -1.00 e. The Kier molecular flexibility index (Phi) is 9.35. The van der Waals surface area contributed by atoms with Crippen LogP contribution in [0.25, 0.3) is 0 Å². The molecule has 184 valence electrons. The maximum absolute atomic E-state index is 3.94. The van der Waals surface area contributed by atoms with Crippen molar-refractivity contribution in [3.63, 3.8) is 0 Å². The highest BCUT2D eigenvalue weighted by Gasteiger charge is 2.45. The normalized spacial score (nSPS) is 17.7. The molecule has 0 unspecified atom stereocenters. The van der Waals surface area contributed by atoms with Gasteiger partial charge in [-0.3, -0.25) is 0 Å². The molecule has 0 spiro atoms. The first-order chi connectivity index (χ1) is 17.3. The molecule has 1 aliphatic carbocycles. The molecule has 36 heavy (non-hydrogen) atoms. The molecule has 0 bridgehead atoms. The third-order valence-electron chi connectivity index (χ3n) is 7.81. The number of hydrogen-bond donors (Lipinski definition) is 0. The van der Waals surface area contributed by atoms with E-state index in [1.165, 1.54) is 59.1 Å². The third-order valence-corrected chi connectivity index (χ3v) is 12.2. The Morgan fingerprint density at radius 3 is 1.47 bits per heavy atom. The standard InChI is InChI=1S/C34H36P.BrH/c1-2-12-28-19-23-30(24-20-28)31-25-21-29(22-26-31)27-35(32-13-6-3-7-14-32,33-15-8-4-9-16-33)34-17-10-5-11-18-34;/h2-11,13-18,21-22,25-26,28,30H,1,12,19-20,23-24,27H2;1H/q+1;/p-1/t28-,30-;. The Labute approximate surface area is 228 Å². The molecule has 0 saturated heterocycles. The van der Waals surface area contributed by atoms with Crippen LogP contribution in [0.3, 0.4) is 0 Å². The number of benzene rings is 4. The highest BCUT2D eigenvalue weighted by Crippen LogP contribution is 2.58. The fraction of sp³-hybridized carbons (Fsp3) is 0.235. The molecule has 4 aromatic carbocycles. The van der Waals surface area contributed by atoms with Gasteiger partial charge in [-0.05, 0) is 91.5 Å². The lowest BCUT2D eigenvalue weighted by atomic mass is 9.77. The molecular weight excluding hydrogens is 519 g/mol. The van der Waals surface area contributed by atoms with Crippen LogP contribution in [0.4, 0.5) is 0 Å². The summed E-state index contributed by atoms with van der Waals surface area (Å²) in [6, 6.07) is 43.3. The van der Waals surface area contributed by atoms with Crippen molar-refractivity contribution in [2.75, 3.05) is 0 Å². The average Bonchev–Trinajstić information content (AvgIpc) is 2.94. The number of hydrogen-bond acceptors (Lipinski definition) is 0. The summed E-state index contributed by atoms with van der Waals surface area (Å²) in [7, 11) is -1.85. The predicted octanol–water partition coefficient (Wildman–Crippen LogP) is 5.03. The summed E-state index contributed by atoms with van der Waals surface area (Å²) in [5, 5.41) is 4.34. The fourth-order valence-corrected chi connectivity index (χ4v) is 10.1. The first-order valence-electron chi connectivity index (χ1n) is 13.0. The van der Waals surface area contributed by atoms with Crippen LogP contribution in [0.15, 0.2) is 128 Å². The van der Waals surface area contributed by atoms with Gasteiger partial charge in [0.25, 0.3) is 0 Å². The molecule has 0 aliphatic heterocycles. The second-order valence-corrected chi connectivity index (χ2v) is 13.4. The second-order valence-electron chi connectivity index (χ2n) is 9.96. The molecule has 0 aromatic heterocycles. The van der Waals surface area contributed by atoms with E-state index in [0.29, 0.717) is 5.92 Å². The highest BCUT2D eigenvalue weighted by atomic mass is 79.9. The lowest BCUT2D eigenvalue weighted by Crippen LogP contribution is -3.00. The van der Waals surface area contributed by atoms with Gasteiger partial charge in [0.2, 0.25) is 0 Å². The van der Waals surface area contributed by atoms with Crippen LogP contribution in [0.1, 0.15) is 49.1 Å². The van der Waals surface area contributed by atoms with Crippen molar-refractivity contribution in [1.82, 2.24) is 0 Å². The van der Waals surface area contributed by atoms with Gasteiger partial charge < -0.3 is 17.0 Å². The molecule has 2 heteroatoms. The zero-order chi connectivity index (χ0) is 23.9. The lowest BCUT2D eigenvalue weighted by Gasteiger charge is -2.29. The van der Waals surface area contributed by atoms with Crippen LogP contribution >= 0.6 is 7.26 Å². The van der Waals surface area contributed by atoms with E-state index in [9.17, 15) is 0 Å². The van der Waals surface area contributed by atoms with Gasteiger partial charge in [-0.1, -0.05) is 84.9 Å². The molecule has 0 radical (unpaired) electrons. The topological polar surface area (TPSA) is 0 Å². The molecular formula is C34H36BrP. The van der Waals surface area contributed by atoms with Gasteiger partial charge >= 0.3 is 0 Å². The predicted molar refractivity (Wildman–Crippen MR) is 155 cm³/mol.